The van der Waals surface area contributed by atoms with Crippen LogP contribution in [0.5, 0.6) is 0 Å². The quantitative estimate of drug-likeness (QED) is 0.122. The fraction of sp³-hybridized carbons (Fsp3) is 0. The van der Waals surface area contributed by atoms with E-state index in [4.69, 9.17) is 0 Å². The van der Waals surface area contributed by atoms with Crippen molar-refractivity contribution in [1.82, 2.24) is 0 Å². The van der Waals surface area contributed by atoms with Gasteiger partial charge in [0.2, 0.25) is 0 Å². The molecule has 15 aromatic rings. The first-order valence-electron chi connectivity index (χ1n) is 22.9. The Labute approximate surface area is 400 Å². The van der Waals surface area contributed by atoms with Crippen LogP contribution in [0.3, 0.4) is 0 Å². The van der Waals surface area contributed by atoms with Crippen LogP contribution in [0.1, 0.15) is 0 Å². The topological polar surface area (TPSA) is 0 Å². The Balaban J connectivity index is 0.936. The Morgan fingerprint density at radius 2 is 0.612 bits per heavy atom. The Kier molecular flexibility index (Phi) is 8.22. The molecule has 310 valence electrons. The number of thiophene rings is 2. The van der Waals surface area contributed by atoms with Gasteiger partial charge in [0.1, 0.15) is 0 Å². The zero-order valence-corrected chi connectivity index (χ0v) is 39.4. The Bertz CT molecular complexity index is 4470. The van der Waals surface area contributed by atoms with Crippen molar-refractivity contribution in [3.05, 3.63) is 218 Å². The summed E-state index contributed by atoms with van der Waals surface area (Å²) < 4.78 is 8.23. The predicted octanol–water partition coefficient (Wildman–Crippen LogP) is 19.1. The molecule has 3 aromatic heterocycles. The summed E-state index contributed by atoms with van der Waals surface area (Å²) in [5.41, 5.74) is 10.4. The Hall–Kier alpha value is -7.36. The molecule has 0 radical (unpaired) electrons. The molecule has 0 saturated carbocycles. The van der Waals surface area contributed by atoms with Crippen molar-refractivity contribution in [2.45, 2.75) is 0 Å². The van der Waals surface area contributed by atoms with Gasteiger partial charge in [-0.25, -0.2) is 0 Å². The van der Waals surface area contributed by atoms with Crippen LogP contribution in [-0.4, -0.2) is 14.5 Å². The van der Waals surface area contributed by atoms with Gasteiger partial charge in [0.15, 0.2) is 0 Å². The summed E-state index contributed by atoms with van der Waals surface area (Å²) in [6.45, 7) is 0. The zero-order chi connectivity index (χ0) is 43.7. The van der Waals surface area contributed by atoms with Crippen LogP contribution in [-0.2, 0) is 0 Å². The SMILES string of the molecule is c1ccc2c(c1)sc1ccc(-c3c4ccccc4c(-c4ccc5c(c4)[se]c4cccc(-c6c7ccccc7c(-c7ccc8sc9ccccc9c8c7)c7ccccc67)c45)c4ccccc34)cc12. The summed E-state index contributed by atoms with van der Waals surface area (Å²) in [4.78, 5) is 0. The fourth-order valence-corrected chi connectivity index (χ4v) is 16.1. The zero-order valence-electron chi connectivity index (χ0n) is 36.0. The van der Waals surface area contributed by atoms with E-state index in [1.165, 1.54) is 147 Å². The normalized spacial score (nSPS) is 12.2. The first kappa shape index (κ1) is 37.8. The maximum absolute atomic E-state index is 2.53. The molecule has 0 spiro atoms. The molecule has 0 saturated heterocycles. The molecule has 0 aliphatic heterocycles. The van der Waals surface area contributed by atoms with E-state index in [-0.39, 0.29) is 14.5 Å². The molecular weight excluding hydrogens is 912 g/mol. The molecule has 0 atom stereocenters. The molecule has 0 unspecified atom stereocenters. The molecule has 0 bridgehead atoms. The summed E-state index contributed by atoms with van der Waals surface area (Å²) in [6.07, 6.45) is 0. The van der Waals surface area contributed by atoms with Gasteiger partial charge in [-0.15, -0.1) is 0 Å². The van der Waals surface area contributed by atoms with Crippen molar-refractivity contribution in [1.29, 1.82) is 0 Å². The van der Waals surface area contributed by atoms with Gasteiger partial charge < -0.3 is 0 Å². The molecule has 0 amide bonds. The second kappa shape index (κ2) is 14.6. The predicted molar refractivity (Wildman–Crippen MR) is 296 cm³/mol. The third-order valence-corrected chi connectivity index (χ3v) is 18.9. The molecule has 0 N–H and O–H groups in total. The second-order valence-corrected chi connectivity index (χ2v) is 22.2. The number of hydrogen-bond acceptors (Lipinski definition) is 2. The van der Waals surface area contributed by atoms with Gasteiger partial charge in [-0.3, -0.25) is 0 Å². The molecule has 3 heterocycles. The minimum absolute atomic E-state index is 0.144. The first-order valence-corrected chi connectivity index (χ1v) is 26.2. The van der Waals surface area contributed by atoms with E-state index < -0.39 is 0 Å². The number of fused-ring (bicyclic) bond motifs is 13. The van der Waals surface area contributed by atoms with Crippen LogP contribution in [0.15, 0.2) is 218 Å². The molecule has 3 heteroatoms. The molecule has 0 fully saturated rings. The van der Waals surface area contributed by atoms with E-state index in [0.29, 0.717) is 0 Å². The van der Waals surface area contributed by atoms with Crippen LogP contribution in [0, 0.1) is 0 Å². The molecule has 0 aliphatic carbocycles. The van der Waals surface area contributed by atoms with E-state index >= 15 is 0 Å². The average molecular weight is 948 g/mol. The van der Waals surface area contributed by atoms with E-state index in [2.05, 4.69) is 218 Å². The van der Waals surface area contributed by atoms with Gasteiger partial charge in [0.25, 0.3) is 0 Å². The van der Waals surface area contributed by atoms with Crippen molar-refractivity contribution in [3.8, 4) is 44.5 Å². The number of benzene rings is 12. The summed E-state index contributed by atoms with van der Waals surface area (Å²) in [5, 5.41) is 18.4. The van der Waals surface area contributed by atoms with Gasteiger partial charge in [-0.05, 0) is 12.1 Å². The summed E-state index contributed by atoms with van der Waals surface area (Å²) in [7, 11) is 0. The van der Waals surface area contributed by atoms with Crippen LogP contribution in [0.2, 0.25) is 0 Å². The van der Waals surface area contributed by atoms with Crippen molar-refractivity contribution in [2.75, 3.05) is 0 Å². The van der Waals surface area contributed by atoms with Gasteiger partial charge in [0.05, 0.1) is 0 Å². The van der Waals surface area contributed by atoms with E-state index in [0.717, 1.165) is 0 Å². The van der Waals surface area contributed by atoms with Crippen molar-refractivity contribution in [2.24, 2.45) is 0 Å². The van der Waals surface area contributed by atoms with Gasteiger partial charge in [-0.1, -0.05) is 24.3 Å². The number of rotatable bonds is 4. The molecular formula is C64H36S2Se. The van der Waals surface area contributed by atoms with Crippen molar-refractivity contribution in [3.63, 3.8) is 0 Å². The molecule has 0 nitrogen and oxygen atoms in total. The van der Waals surface area contributed by atoms with Gasteiger partial charge >= 0.3 is 366 Å². The van der Waals surface area contributed by atoms with Crippen LogP contribution >= 0.6 is 22.7 Å². The third-order valence-electron chi connectivity index (χ3n) is 14.2. The maximum atomic E-state index is 2.53. The minimum atomic E-state index is 0.144. The van der Waals surface area contributed by atoms with Gasteiger partial charge in [-0.2, -0.15) is 0 Å². The second-order valence-electron chi connectivity index (χ2n) is 17.8. The molecule has 15 rings (SSSR count). The Morgan fingerprint density at radius 3 is 1.07 bits per heavy atom. The summed E-state index contributed by atoms with van der Waals surface area (Å²) in [5.74, 6) is 0. The van der Waals surface area contributed by atoms with E-state index in [1.54, 1.807) is 0 Å². The summed E-state index contributed by atoms with van der Waals surface area (Å²) in [6, 6.07) is 82.7. The summed E-state index contributed by atoms with van der Waals surface area (Å²) >= 11 is 3.90. The van der Waals surface area contributed by atoms with Crippen molar-refractivity contribution < 1.29 is 0 Å². The average Bonchev–Trinajstić information content (AvgIpc) is 4.08. The third kappa shape index (κ3) is 5.58. The number of hydrogen-bond donors (Lipinski definition) is 0. The standard InChI is InChI=1S/C64H36S2Se/c1-3-18-44-42(16-1)60(37-29-32-56-52(34-37)40-14-9-11-25-54(40)65-56)43-17-2-4-19-45(43)62(44)39-28-31-50-59(36-39)67-58-27-13-24-51(64(50)58)63-48-22-7-5-20-46(48)61(47-21-6-8-23-49(47)63)38-30-33-57-53(35-38)41-15-10-12-26-55(41)66-57/h1-36H. The molecule has 0 aliphatic rings. The van der Waals surface area contributed by atoms with Crippen LogP contribution in [0.4, 0.5) is 0 Å². The van der Waals surface area contributed by atoms with Crippen LogP contribution in [0.25, 0.3) is 147 Å². The van der Waals surface area contributed by atoms with Crippen molar-refractivity contribution >= 4 is 140 Å². The Morgan fingerprint density at radius 1 is 0.239 bits per heavy atom. The van der Waals surface area contributed by atoms with E-state index in [1.807, 2.05) is 22.7 Å². The van der Waals surface area contributed by atoms with E-state index in [9.17, 15) is 0 Å². The first-order chi connectivity index (χ1) is 33.2. The van der Waals surface area contributed by atoms with Gasteiger partial charge in [0, 0.05) is 0 Å². The fourth-order valence-electron chi connectivity index (χ4n) is 11.4. The van der Waals surface area contributed by atoms with Crippen LogP contribution < -0.4 is 0 Å². The molecule has 67 heavy (non-hydrogen) atoms. The molecule has 12 aromatic carbocycles. The monoisotopic (exact) mass is 948 g/mol.